The fourth-order valence-corrected chi connectivity index (χ4v) is 2.17. The van der Waals surface area contributed by atoms with Gasteiger partial charge in [0.2, 0.25) is 0 Å². The average molecular weight is 316 g/mol. The van der Waals surface area contributed by atoms with Gasteiger partial charge in [-0.05, 0) is 36.2 Å². The fourth-order valence-electron chi connectivity index (χ4n) is 1.71. The van der Waals surface area contributed by atoms with Gasteiger partial charge in [-0.3, -0.25) is 0 Å². The van der Waals surface area contributed by atoms with Crippen molar-refractivity contribution in [2.75, 3.05) is 17.6 Å². The summed E-state index contributed by atoms with van der Waals surface area (Å²) in [4.78, 5) is 0. The second-order valence-corrected chi connectivity index (χ2v) is 5.41. The van der Waals surface area contributed by atoms with Crippen molar-refractivity contribution in [1.82, 2.24) is 0 Å². The van der Waals surface area contributed by atoms with Crippen molar-refractivity contribution in [1.29, 1.82) is 0 Å². The lowest BCUT2D eigenvalue weighted by atomic mass is 10.1. The Labute approximate surface area is 127 Å². The summed E-state index contributed by atoms with van der Waals surface area (Å²) in [5, 5.41) is 4.94. The van der Waals surface area contributed by atoms with E-state index < -0.39 is 0 Å². The monoisotopic (exact) mass is 314 g/mol. The molecule has 19 heavy (non-hydrogen) atoms. The minimum absolute atomic E-state index is 0.461. The van der Waals surface area contributed by atoms with E-state index in [1.54, 1.807) is 12.1 Å². The number of benzene rings is 2. The summed E-state index contributed by atoms with van der Waals surface area (Å²) in [6.07, 6.45) is 0.872. The first-order valence-electron chi connectivity index (χ1n) is 5.79. The molecule has 0 amide bonds. The van der Waals surface area contributed by atoms with Gasteiger partial charge in [-0.1, -0.05) is 46.9 Å². The first-order valence-corrected chi connectivity index (χ1v) is 6.92. The van der Waals surface area contributed by atoms with Crippen LogP contribution in [0.15, 0.2) is 36.4 Å². The van der Waals surface area contributed by atoms with Crippen LogP contribution in [-0.4, -0.2) is 6.54 Å². The molecular formula is C14H13Cl3N2. The molecule has 0 saturated heterocycles. The lowest BCUT2D eigenvalue weighted by Crippen LogP contribution is -2.07. The smallest absolute Gasteiger partial charge is 0.0614 e. The van der Waals surface area contributed by atoms with Gasteiger partial charge in [0.05, 0.1) is 21.4 Å². The van der Waals surface area contributed by atoms with Crippen molar-refractivity contribution < 1.29 is 0 Å². The Balaban J connectivity index is 1.96. The van der Waals surface area contributed by atoms with Crippen LogP contribution in [0.25, 0.3) is 0 Å². The van der Waals surface area contributed by atoms with Gasteiger partial charge in [-0.2, -0.15) is 0 Å². The number of hydrogen-bond donors (Lipinski definition) is 2. The number of nitrogens with two attached hydrogens (primary N) is 1. The standard InChI is InChI=1S/C14H13Cl3N2/c15-10-3-1-9(2-4-10)5-6-19-14-8-12(17)11(16)7-13(14)18/h1-4,7-8,19H,5-6,18H2. The summed E-state index contributed by atoms with van der Waals surface area (Å²) in [5.41, 5.74) is 8.45. The number of halogens is 3. The predicted molar refractivity (Wildman–Crippen MR) is 84.5 cm³/mol. The molecule has 0 saturated carbocycles. The first kappa shape index (κ1) is 14.3. The van der Waals surface area contributed by atoms with Gasteiger partial charge in [0.25, 0.3) is 0 Å². The van der Waals surface area contributed by atoms with E-state index in [1.165, 1.54) is 5.56 Å². The number of nitrogen functional groups attached to an aromatic ring is 1. The molecule has 5 heteroatoms. The molecule has 0 aliphatic rings. The Morgan fingerprint density at radius 3 is 2.26 bits per heavy atom. The minimum Gasteiger partial charge on any atom is -0.397 e. The summed E-state index contributed by atoms with van der Waals surface area (Å²) in [7, 11) is 0. The van der Waals surface area contributed by atoms with Gasteiger partial charge in [-0.15, -0.1) is 0 Å². The highest BCUT2D eigenvalue weighted by molar-refractivity contribution is 6.42. The third kappa shape index (κ3) is 3.93. The molecule has 100 valence electrons. The largest absolute Gasteiger partial charge is 0.397 e. The molecule has 0 aliphatic carbocycles. The quantitative estimate of drug-likeness (QED) is 0.789. The van der Waals surface area contributed by atoms with Crippen LogP contribution < -0.4 is 11.1 Å². The molecule has 2 aromatic carbocycles. The molecule has 2 nitrogen and oxygen atoms in total. The molecule has 0 unspecified atom stereocenters. The molecule has 0 fully saturated rings. The van der Waals surface area contributed by atoms with Gasteiger partial charge >= 0.3 is 0 Å². The van der Waals surface area contributed by atoms with E-state index in [1.807, 2.05) is 24.3 Å². The topological polar surface area (TPSA) is 38.0 Å². The Morgan fingerprint density at radius 1 is 0.947 bits per heavy atom. The second kappa shape index (κ2) is 6.38. The third-order valence-electron chi connectivity index (χ3n) is 2.73. The van der Waals surface area contributed by atoms with Crippen LogP contribution >= 0.6 is 34.8 Å². The lowest BCUT2D eigenvalue weighted by molar-refractivity contribution is 1.02. The highest BCUT2D eigenvalue weighted by Crippen LogP contribution is 2.30. The van der Waals surface area contributed by atoms with Crippen LogP contribution in [-0.2, 0) is 6.42 Å². The maximum absolute atomic E-state index is 5.96. The molecule has 3 N–H and O–H groups in total. The molecule has 2 rings (SSSR count). The summed E-state index contributed by atoms with van der Waals surface area (Å²) >= 11 is 17.7. The maximum atomic E-state index is 5.96. The van der Waals surface area contributed by atoms with E-state index in [-0.39, 0.29) is 0 Å². The average Bonchev–Trinajstić information content (AvgIpc) is 2.38. The van der Waals surface area contributed by atoms with Crippen LogP contribution in [0.4, 0.5) is 11.4 Å². The Hall–Kier alpha value is -1.09. The first-order chi connectivity index (χ1) is 9.06. The maximum Gasteiger partial charge on any atom is 0.0614 e. The molecule has 0 bridgehead atoms. The minimum atomic E-state index is 0.461. The van der Waals surface area contributed by atoms with Gasteiger partial charge in [0, 0.05) is 11.6 Å². The molecule has 2 aromatic rings. The molecule has 0 spiro atoms. The Bertz CT molecular complexity index is 568. The normalized spacial score (nSPS) is 10.5. The molecule has 0 aliphatic heterocycles. The summed E-state index contributed by atoms with van der Waals surface area (Å²) in [6, 6.07) is 11.1. The van der Waals surface area contributed by atoms with E-state index in [4.69, 9.17) is 40.5 Å². The number of nitrogens with one attached hydrogen (secondary N) is 1. The fraction of sp³-hybridized carbons (Fsp3) is 0.143. The van der Waals surface area contributed by atoms with Crippen molar-refractivity contribution in [3.05, 3.63) is 57.0 Å². The number of rotatable bonds is 4. The van der Waals surface area contributed by atoms with Gasteiger partial charge < -0.3 is 11.1 Å². The van der Waals surface area contributed by atoms with E-state index in [9.17, 15) is 0 Å². The summed E-state index contributed by atoms with van der Waals surface area (Å²) in [6.45, 7) is 0.754. The van der Waals surface area contributed by atoms with Crippen LogP contribution in [0.1, 0.15) is 5.56 Å². The van der Waals surface area contributed by atoms with Crippen molar-refractivity contribution in [3.8, 4) is 0 Å². The van der Waals surface area contributed by atoms with Crippen molar-refractivity contribution >= 4 is 46.2 Å². The molecular weight excluding hydrogens is 303 g/mol. The van der Waals surface area contributed by atoms with Gasteiger partial charge in [0.15, 0.2) is 0 Å². The molecule has 0 heterocycles. The van der Waals surface area contributed by atoms with E-state index >= 15 is 0 Å². The zero-order valence-electron chi connectivity index (χ0n) is 10.1. The molecule has 0 atom stereocenters. The molecule has 0 radical (unpaired) electrons. The third-order valence-corrected chi connectivity index (χ3v) is 3.71. The zero-order chi connectivity index (χ0) is 13.8. The van der Waals surface area contributed by atoms with Gasteiger partial charge in [0.1, 0.15) is 0 Å². The van der Waals surface area contributed by atoms with Crippen LogP contribution in [0.5, 0.6) is 0 Å². The summed E-state index contributed by atoms with van der Waals surface area (Å²) < 4.78 is 0. The van der Waals surface area contributed by atoms with Crippen LogP contribution in [0.3, 0.4) is 0 Å². The zero-order valence-corrected chi connectivity index (χ0v) is 12.4. The van der Waals surface area contributed by atoms with E-state index in [0.29, 0.717) is 15.7 Å². The van der Waals surface area contributed by atoms with Crippen molar-refractivity contribution in [2.45, 2.75) is 6.42 Å². The number of anilines is 2. The summed E-state index contributed by atoms with van der Waals surface area (Å²) in [5.74, 6) is 0. The van der Waals surface area contributed by atoms with Gasteiger partial charge in [-0.25, -0.2) is 0 Å². The highest BCUT2D eigenvalue weighted by Gasteiger charge is 2.04. The van der Waals surface area contributed by atoms with Crippen molar-refractivity contribution in [3.63, 3.8) is 0 Å². The van der Waals surface area contributed by atoms with Crippen molar-refractivity contribution in [2.24, 2.45) is 0 Å². The van der Waals surface area contributed by atoms with E-state index in [0.717, 1.165) is 23.7 Å². The van der Waals surface area contributed by atoms with E-state index in [2.05, 4.69) is 5.32 Å². The van der Waals surface area contributed by atoms with Crippen LogP contribution in [0, 0.1) is 0 Å². The Morgan fingerprint density at radius 2 is 1.58 bits per heavy atom. The highest BCUT2D eigenvalue weighted by atomic mass is 35.5. The Kier molecular flexibility index (Phi) is 4.81. The number of hydrogen-bond acceptors (Lipinski definition) is 2. The predicted octanol–water partition coefficient (Wildman–Crippen LogP) is 4.88. The second-order valence-electron chi connectivity index (χ2n) is 4.16. The molecule has 0 aromatic heterocycles. The lowest BCUT2D eigenvalue weighted by Gasteiger charge is -2.10. The van der Waals surface area contributed by atoms with Crippen LogP contribution in [0.2, 0.25) is 15.1 Å². The SMILES string of the molecule is Nc1cc(Cl)c(Cl)cc1NCCc1ccc(Cl)cc1.